The number of rotatable bonds is 3. The van der Waals surface area contributed by atoms with Crippen LogP contribution in [-0.2, 0) is 26.3 Å². The molecular weight excluding hydrogens is 406 g/mol. The summed E-state index contributed by atoms with van der Waals surface area (Å²) in [6.45, 7) is 0. The van der Waals surface area contributed by atoms with Crippen LogP contribution in [0.25, 0.3) is 0 Å². The first kappa shape index (κ1) is 19.5. The molecular formula is C25H26N3O4+. The molecule has 3 aliphatic heterocycles. The molecule has 3 amide bonds. The smallest absolute Gasteiger partial charge is 0.291 e. The summed E-state index contributed by atoms with van der Waals surface area (Å²) < 4.78 is 0. The van der Waals surface area contributed by atoms with Crippen molar-refractivity contribution in [3.63, 3.8) is 0 Å². The number of amides is 3. The molecule has 1 spiro atoms. The Kier molecular flexibility index (Phi) is 4.21. The standard InChI is InChI=1S/C25H25N3O4/c29-16-11-9-14(10-12-16)13-19-20-21(23(31)28(22(20)30)15-5-1-2-6-15)25(27-19)17-7-3-4-8-18(17)26-24(25)32/h3-4,7-12,15,19-21,27,29H,1-2,5-6,13H2,(H,26,32)/p+1/t19-,20-,21+,25+/m1/s1. The number of carbonyl (C=O) groups excluding carboxylic acids is 3. The number of para-hydroxylation sites is 1. The normalized spacial score (nSPS) is 31.4. The lowest BCUT2D eigenvalue weighted by atomic mass is 9.76. The number of fused-ring (bicyclic) bond motifs is 4. The number of anilines is 1. The van der Waals surface area contributed by atoms with E-state index in [1.807, 2.05) is 41.7 Å². The molecule has 0 aromatic heterocycles. The zero-order valence-electron chi connectivity index (χ0n) is 17.7. The molecule has 0 radical (unpaired) electrons. The summed E-state index contributed by atoms with van der Waals surface area (Å²) in [5.41, 5.74) is 1.36. The van der Waals surface area contributed by atoms with E-state index in [9.17, 15) is 19.5 Å². The maximum Gasteiger partial charge on any atom is 0.291 e. The third-order valence-electron chi connectivity index (χ3n) is 7.91. The molecule has 7 nitrogen and oxygen atoms in total. The Morgan fingerprint density at radius 3 is 2.47 bits per heavy atom. The van der Waals surface area contributed by atoms with Crippen LogP contribution in [0.4, 0.5) is 5.69 Å². The maximum atomic E-state index is 13.8. The van der Waals surface area contributed by atoms with Gasteiger partial charge in [0.05, 0.1) is 5.69 Å². The predicted octanol–water partition coefficient (Wildman–Crippen LogP) is 1.27. The Morgan fingerprint density at radius 1 is 1.00 bits per heavy atom. The molecule has 0 bridgehead atoms. The SMILES string of the molecule is O=C1[C@H]2[C@@H](C(=O)N1C1CCCC1)[C@]1([NH2+][C@@H]2Cc2ccc(O)cc2)C(=O)Nc2ccccc21. The zero-order valence-corrected chi connectivity index (χ0v) is 17.7. The highest BCUT2D eigenvalue weighted by Gasteiger charge is 2.74. The van der Waals surface area contributed by atoms with Gasteiger partial charge in [0.15, 0.2) is 0 Å². The first-order valence-electron chi connectivity index (χ1n) is 11.4. The Bertz CT molecular complexity index is 1120. The first-order chi connectivity index (χ1) is 15.5. The van der Waals surface area contributed by atoms with Crippen LogP contribution in [-0.4, -0.2) is 39.8 Å². The molecule has 4 atom stereocenters. The summed E-state index contributed by atoms with van der Waals surface area (Å²) in [5.74, 6) is -1.60. The quantitative estimate of drug-likeness (QED) is 0.636. The van der Waals surface area contributed by atoms with Crippen LogP contribution in [0.1, 0.15) is 36.8 Å². The highest BCUT2D eigenvalue weighted by molar-refractivity contribution is 6.14. The minimum absolute atomic E-state index is 0.0494. The van der Waals surface area contributed by atoms with Gasteiger partial charge in [0, 0.05) is 18.0 Å². The molecule has 6 rings (SSSR count). The van der Waals surface area contributed by atoms with Crippen molar-refractivity contribution in [2.45, 2.75) is 49.7 Å². The molecule has 2 aromatic rings. The lowest BCUT2D eigenvalue weighted by Gasteiger charge is -2.28. The molecule has 2 saturated heterocycles. The van der Waals surface area contributed by atoms with Gasteiger partial charge in [0.2, 0.25) is 17.4 Å². The van der Waals surface area contributed by atoms with Gasteiger partial charge in [-0.15, -0.1) is 0 Å². The summed E-state index contributed by atoms with van der Waals surface area (Å²) in [6.07, 6.45) is 4.28. The average molecular weight is 433 g/mol. The van der Waals surface area contributed by atoms with Crippen LogP contribution in [0.15, 0.2) is 48.5 Å². The van der Waals surface area contributed by atoms with E-state index in [2.05, 4.69) is 5.32 Å². The van der Waals surface area contributed by atoms with Gasteiger partial charge in [0.25, 0.3) is 5.91 Å². The monoisotopic (exact) mass is 432 g/mol. The fraction of sp³-hybridized carbons (Fsp3) is 0.400. The second-order valence-corrected chi connectivity index (χ2v) is 9.56. The topological polar surface area (TPSA) is 103 Å². The highest BCUT2D eigenvalue weighted by Crippen LogP contribution is 2.50. The Morgan fingerprint density at radius 2 is 1.72 bits per heavy atom. The van der Waals surface area contributed by atoms with E-state index in [1.54, 1.807) is 12.1 Å². The highest BCUT2D eigenvalue weighted by atomic mass is 16.3. The van der Waals surface area contributed by atoms with E-state index in [1.165, 1.54) is 4.90 Å². The van der Waals surface area contributed by atoms with Crippen molar-refractivity contribution in [1.29, 1.82) is 0 Å². The minimum atomic E-state index is -1.12. The van der Waals surface area contributed by atoms with Gasteiger partial charge in [-0.05, 0) is 36.6 Å². The number of nitrogens with zero attached hydrogens (tertiary/aromatic N) is 1. The van der Waals surface area contributed by atoms with Gasteiger partial charge in [-0.25, -0.2) is 0 Å². The third kappa shape index (κ3) is 2.54. The number of benzene rings is 2. The molecule has 3 fully saturated rings. The molecule has 3 heterocycles. The zero-order chi connectivity index (χ0) is 22.0. The number of hydrogen-bond donors (Lipinski definition) is 3. The molecule has 32 heavy (non-hydrogen) atoms. The van der Waals surface area contributed by atoms with Gasteiger partial charge in [0.1, 0.15) is 23.6 Å². The van der Waals surface area contributed by atoms with Gasteiger partial charge in [-0.3, -0.25) is 19.3 Å². The van der Waals surface area contributed by atoms with Crippen LogP contribution in [0.2, 0.25) is 0 Å². The van der Waals surface area contributed by atoms with Gasteiger partial charge < -0.3 is 15.7 Å². The number of aromatic hydroxyl groups is 1. The van der Waals surface area contributed by atoms with E-state index in [0.29, 0.717) is 6.42 Å². The number of hydrogen-bond acceptors (Lipinski definition) is 4. The number of nitrogens with two attached hydrogens (primary N) is 1. The Labute approximate surface area is 185 Å². The van der Waals surface area contributed by atoms with Crippen LogP contribution in [0.3, 0.4) is 0 Å². The number of likely N-dealkylation sites (tertiary alicyclic amines) is 1. The number of phenolic OH excluding ortho intramolecular Hbond substituents is 1. The Hall–Kier alpha value is -3.19. The lowest BCUT2D eigenvalue weighted by molar-refractivity contribution is -0.733. The van der Waals surface area contributed by atoms with Crippen molar-refractivity contribution in [2.75, 3.05) is 5.32 Å². The van der Waals surface area contributed by atoms with Crippen molar-refractivity contribution in [1.82, 2.24) is 4.90 Å². The number of carbonyl (C=O) groups is 3. The first-order valence-corrected chi connectivity index (χ1v) is 11.4. The summed E-state index contributed by atoms with van der Waals surface area (Å²) >= 11 is 0. The van der Waals surface area contributed by atoms with E-state index in [4.69, 9.17) is 0 Å². The second kappa shape index (κ2) is 6.90. The summed E-state index contributed by atoms with van der Waals surface area (Å²) in [4.78, 5) is 42.5. The van der Waals surface area contributed by atoms with Crippen LogP contribution in [0, 0.1) is 11.8 Å². The number of quaternary nitrogens is 1. The number of imide groups is 1. The van der Waals surface area contributed by atoms with Crippen molar-refractivity contribution < 1.29 is 24.8 Å². The third-order valence-corrected chi connectivity index (χ3v) is 7.91. The van der Waals surface area contributed by atoms with Crippen LogP contribution < -0.4 is 10.6 Å². The van der Waals surface area contributed by atoms with Gasteiger partial charge in [-0.1, -0.05) is 43.2 Å². The van der Waals surface area contributed by atoms with E-state index >= 15 is 0 Å². The predicted molar refractivity (Wildman–Crippen MR) is 115 cm³/mol. The van der Waals surface area contributed by atoms with Crippen molar-refractivity contribution >= 4 is 23.4 Å². The summed E-state index contributed by atoms with van der Waals surface area (Å²) in [7, 11) is 0. The molecule has 4 aliphatic rings. The summed E-state index contributed by atoms with van der Waals surface area (Å²) in [5, 5.41) is 14.6. The lowest BCUT2D eigenvalue weighted by Crippen LogP contribution is -2.99. The molecule has 1 aliphatic carbocycles. The van der Waals surface area contributed by atoms with Crippen molar-refractivity contribution in [3.8, 4) is 5.75 Å². The van der Waals surface area contributed by atoms with Gasteiger partial charge >= 0.3 is 0 Å². The largest absolute Gasteiger partial charge is 0.508 e. The molecule has 7 heteroatoms. The van der Waals surface area contributed by atoms with Crippen LogP contribution >= 0.6 is 0 Å². The molecule has 164 valence electrons. The number of nitrogens with one attached hydrogen (secondary N) is 1. The molecule has 1 saturated carbocycles. The molecule has 2 aromatic carbocycles. The van der Waals surface area contributed by atoms with E-state index in [0.717, 1.165) is 42.5 Å². The maximum absolute atomic E-state index is 13.8. The van der Waals surface area contributed by atoms with Crippen LogP contribution in [0.5, 0.6) is 5.75 Å². The van der Waals surface area contributed by atoms with Crippen molar-refractivity contribution in [3.05, 3.63) is 59.7 Å². The molecule has 4 N–H and O–H groups in total. The fourth-order valence-electron chi connectivity index (χ4n) is 6.56. The number of phenols is 1. The van der Waals surface area contributed by atoms with E-state index in [-0.39, 0.29) is 35.6 Å². The molecule has 0 unspecified atom stereocenters. The van der Waals surface area contributed by atoms with Gasteiger partial charge in [-0.2, -0.15) is 0 Å². The minimum Gasteiger partial charge on any atom is -0.508 e. The Balaban J connectivity index is 1.46. The summed E-state index contributed by atoms with van der Waals surface area (Å²) in [6, 6.07) is 14.1. The fourth-order valence-corrected chi connectivity index (χ4v) is 6.56. The average Bonchev–Trinajstić information content (AvgIpc) is 3.52. The second-order valence-electron chi connectivity index (χ2n) is 9.56. The van der Waals surface area contributed by atoms with Crippen molar-refractivity contribution in [2.24, 2.45) is 11.8 Å². The van der Waals surface area contributed by atoms with E-state index < -0.39 is 17.4 Å².